The molecule has 2 rings (SSSR count). The second-order valence-corrected chi connectivity index (χ2v) is 7.20. The normalized spacial score (nSPS) is 10.9. The zero-order valence-electron chi connectivity index (χ0n) is 13.8. The topological polar surface area (TPSA) is 62.1 Å². The number of para-hydroxylation sites is 1. The predicted molar refractivity (Wildman–Crippen MR) is 111 cm³/mol. The number of benzene rings is 2. The fourth-order valence-electron chi connectivity index (χ4n) is 2.16. The first-order chi connectivity index (χ1) is 12.0. The van der Waals surface area contributed by atoms with Crippen molar-refractivity contribution in [2.24, 2.45) is 0 Å². The van der Waals surface area contributed by atoms with Crippen LogP contribution in [0.5, 0.6) is 5.75 Å². The third-order valence-corrected chi connectivity index (χ3v) is 4.77. The molecule has 0 fully saturated rings. The van der Waals surface area contributed by atoms with Crippen LogP contribution >= 0.6 is 38.5 Å². The number of aryl methyl sites for hydroxylation is 1. The second-order valence-electron chi connectivity index (χ2n) is 5.19. The van der Waals surface area contributed by atoms with Gasteiger partial charge in [-0.25, -0.2) is 0 Å². The molecule has 25 heavy (non-hydrogen) atoms. The fourth-order valence-corrected chi connectivity index (χ4v) is 3.93. The van der Waals surface area contributed by atoms with Gasteiger partial charge in [-0.1, -0.05) is 18.2 Å². The number of carbonyl (C=O) groups excluding carboxylic acids is 1. The highest BCUT2D eigenvalue weighted by Gasteiger charge is 2.13. The number of ether oxygens (including phenoxy) is 1. The summed E-state index contributed by atoms with van der Waals surface area (Å²) < 4.78 is 7.26. The Bertz CT molecular complexity index is 849. The van der Waals surface area contributed by atoms with E-state index >= 15 is 0 Å². The van der Waals surface area contributed by atoms with E-state index in [0.717, 1.165) is 24.9 Å². The van der Waals surface area contributed by atoms with Gasteiger partial charge in [0.1, 0.15) is 17.4 Å². The second kappa shape index (κ2) is 9.02. The predicted octanol–water partition coefficient (Wildman–Crippen LogP) is 5.31. The average Bonchev–Trinajstić information content (AvgIpc) is 2.58. The van der Waals surface area contributed by atoms with Crippen molar-refractivity contribution in [3.8, 4) is 11.8 Å². The summed E-state index contributed by atoms with van der Waals surface area (Å²) in [5.41, 5.74) is 2.41. The van der Waals surface area contributed by atoms with Crippen LogP contribution in [0.3, 0.4) is 0 Å². The van der Waals surface area contributed by atoms with Gasteiger partial charge in [0.05, 0.1) is 14.6 Å². The number of halogens is 2. The smallest absolute Gasteiger partial charge is 0.266 e. The van der Waals surface area contributed by atoms with E-state index in [-0.39, 0.29) is 5.57 Å². The number of rotatable bonds is 5. The highest BCUT2D eigenvalue weighted by atomic mass is 127. The monoisotopic (exact) mass is 510 g/mol. The van der Waals surface area contributed by atoms with Crippen LogP contribution < -0.4 is 10.1 Å². The highest BCUT2D eigenvalue weighted by Crippen LogP contribution is 2.32. The lowest BCUT2D eigenvalue weighted by Crippen LogP contribution is -2.14. The molecule has 0 saturated carbocycles. The van der Waals surface area contributed by atoms with Gasteiger partial charge in [0.25, 0.3) is 5.91 Å². The van der Waals surface area contributed by atoms with Crippen molar-refractivity contribution in [3.05, 3.63) is 61.1 Å². The third-order valence-electron chi connectivity index (χ3n) is 3.38. The van der Waals surface area contributed by atoms with E-state index in [9.17, 15) is 10.1 Å². The number of anilines is 1. The van der Waals surface area contributed by atoms with E-state index in [4.69, 9.17) is 4.74 Å². The molecule has 0 unspecified atom stereocenters. The lowest BCUT2D eigenvalue weighted by molar-refractivity contribution is -0.112. The maximum absolute atomic E-state index is 12.4. The Morgan fingerprint density at radius 3 is 2.72 bits per heavy atom. The van der Waals surface area contributed by atoms with Gasteiger partial charge in [0.2, 0.25) is 0 Å². The first kappa shape index (κ1) is 19.5. The Kier molecular flexibility index (Phi) is 7.02. The molecule has 4 nitrogen and oxygen atoms in total. The number of nitrogens with one attached hydrogen (secondary N) is 1. The summed E-state index contributed by atoms with van der Waals surface area (Å²) in [6, 6.07) is 13.1. The zero-order valence-corrected chi connectivity index (χ0v) is 17.5. The summed E-state index contributed by atoms with van der Waals surface area (Å²) in [6.07, 6.45) is 1.57. The van der Waals surface area contributed by atoms with Gasteiger partial charge in [0.15, 0.2) is 0 Å². The van der Waals surface area contributed by atoms with Gasteiger partial charge in [0, 0.05) is 5.69 Å². The summed E-state index contributed by atoms with van der Waals surface area (Å²) in [4.78, 5) is 12.4. The van der Waals surface area contributed by atoms with E-state index < -0.39 is 5.91 Å². The Hall–Kier alpha value is -1.85. The molecule has 2 aromatic carbocycles. The Labute approximate surface area is 169 Å². The van der Waals surface area contributed by atoms with Gasteiger partial charge < -0.3 is 10.1 Å². The number of carbonyl (C=O) groups is 1. The number of amides is 1. The van der Waals surface area contributed by atoms with E-state index in [0.29, 0.717) is 12.3 Å². The minimum Gasteiger partial charge on any atom is -0.492 e. The van der Waals surface area contributed by atoms with Crippen LogP contribution in [0.2, 0.25) is 0 Å². The summed E-state index contributed by atoms with van der Waals surface area (Å²) in [7, 11) is 0. The number of hydrogen-bond donors (Lipinski definition) is 1. The van der Waals surface area contributed by atoms with Crippen molar-refractivity contribution in [2.75, 3.05) is 11.9 Å². The van der Waals surface area contributed by atoms with E-state index in [2.05, 4.69) is 43.8 Å². The molecule has 0 saturated heterocycles. The van der Waals surface area contributed by atoms with Crippen molar-refractivity contribution in [2.45, 2.75) is 13.8 Å². The molecule has 0 atom stereocenters. The molecular weight excluding hydrogens is 495 g/mol. The standard InChI is InChI=1S/C19H16BrIN2O2/c1-3-25-18-15(20)9-13(10-16(18)21)8-14(11-22)19(24)23-17-7-5-4-6-12(17)2/h4-10H,3H2,1-2H3,(H,23,24)/b14-8-. The van der Waals surface area contributed by atoms with Crippen LogP contribution in [0.25, 0.3) is 6.08 Å². The minimum absolute atomic E-state index is 0.0371. The number of nitrogens with zero attached hydrogens (tertiary/aromatic N) is 1. The highest BCUT2D eigenvalue weighted by molar-refractivity contribution is 14.1. The largest absolute Gasteiger partial charge is 0.492 e. The maximum Gasteiger partial charge on any atom is 0.266 e. The molecule has 0 aliphatic rings. The van der Waals surface area contributed by atoms with Crippen molar-refractivity contribution >= 4 is 56.2 Å². The molecule has 0 heterocycles. The van der Waals surface area contributed by atoms with Crippen LogP contribution in [0.4, 0.5) is 5.69 Å². The third kappa shape index (κ3) is 5.06. The van der Waals surface area contributed by atoms with E-state index in [1.54, 1.807) is 12.1 Å². The van der Waals surface area contributed by atoms with E-state index in [1.165, 1.54) is 0 Å². The van der Waals surface area contributed by atoms with Gasteiger partial charge in [-0.15, -0.1) is 0 Å². The van der Waals surface area contributed by atoms with Crippen molar-refractivity contribution in [1.29, 1.82) is 5.26 Å². The van der Waals surface area contributed by atoms with Crippen molar-refractivity contribution in [3.63, 3.8) is 0 Å². The Morgan fingerprint density at radius 2 is 2.12 bits per heavy atom. The molecule has 1 amide bonds. The fraction of sp³-hybridized carbons (Fsp3) is 0.158. The zero-order chi connectivity index (χ0) is 18.4. The molecule has 0 spiro atoms. The number of nitriles is 1. The lowest BCUT2D eigenvalue weighted by atomic mass is 10.1. The van der Waals surface area contributed by atoms with E-state index in [1.807, 2.05) is 50.2 Å². The average molecular weight is 511 g/mol. The number of hydrogen-bond acceptors (Lipinski definition) is 3. The molecule has 0 aliphatic heterocycles. The summed E-state index contributed by atoms with van der Waals surface area (Å²) in [6.45, 7) is 4.38. The quantitative estimate of drug-likeness (QED) is 0.337. The van der Waals surface area contributed by atoms with Crippen LogP contribution in [0.1, 0.15) is 18.1 Å². The molecule has 0 radical (unpaired) electrons. The van der Waals surface area contributed by atoms with Crippen LogP contribution in [0, 0.1) is 21.8 Å². The first-order valence-corrected chi connectivity index (χ1v) is 9.44. The minimum atomic E-state index is -0.434. The van der Waals surface area contributed by atoms with Crippen LogP contribution in [0.15, 0.2) is 46.4 Å². The first-order valence-electron chi connectivity index (χ1n) is 7.57. The van der Waals surface area contributed by atoms with Gasteiger partial charge in [-0.3, -0.25) is 4.79 Å². The molecule has 2 aromatic rings. The molecular formula is C19H16BrIN2O2. The lowest BCUT2D eigenvalue weighted by Gasteiger charge is -2.10. The summed E-state index contributed by atoms with van der Waals surface area (Å²) in [5.74, 6) is 0.319. The Balaban J connectivity index is 2.30. The SMILES string of the molecule is CCOc1c(Br)cc(/C=C(/C#N)C(=O)Nc2ccccc2C)cc1I. The summed E-state index contributed by atoms with van der Waals surface area (Å²) >= 11 is 5.64. The van der Waals surface area contributed by atoms with Crippen molar-refractivity contribution in [1.82, 2.24) is 0 Å². The van der Waals surface area contributed by atoms with Crippen LogP contribution in [-0.4, -0.2) is 12.5 Å². The molecule has 6 heteroatoms. The van der Waals surface area contributed by atoms with Gasteiger partial charge in [-0.2, -0.15) is 5.26 Å². The molecule has 0 aliphatic carbocycles. The van der Waals surface area contributed by atoms with Gasteiger partial charge in [-0.05, 0) is 87.8 Å². The van der Waals surface area contributed by atoms with Crippen LogP contribution in [-0.2, 0) is 4.79 Å². The summed E-state index contributed by atoms with van der Waals surface area (Å²) in [5, 5.41) is 12.1. The Morgan fingerprint density at radius 1 is 1.40 bits per heavy atom. The molecule has 128 valence electrons. The molecule has 0 aromatic heterocycles. The molecule has 1 N–H and O–H groups in total. The van der Waals surface area contributed by atoms with Gasteiger partial charge >= 0.3 is 0 Å². The maximum atomic E-state index is 12.4. The van der Waals surface area contributed by atoms with Crippen molar-refractivity contribution < 1.29 is 9.53 Å². The molecule has 0 bridgehead atoms.